The van der Waals surface area contributed by atoms with Crippen LogP contribution in [-0.4, -0.2) is 48.0 Å². The standard InChI is InChI=1S/C26H22Cl2N4O6S/c1-26-22(29-32(25(26)34)18-5-3-2-4-6-18)11-12-31(23(26)24(33)30-35)39(36,37)21-9-7-19(8-10-21)38-20-14-16(27)13-17(28)15-20/h2-10,13-15,23,35H,11-12H2,1H3,(H,30,33)/t23-,26-/m0/s1. The Morgan fingerprint density at radius 2 is 1.69 bits per heavy atom. The van der Waals surface area contributed by atoms with Crippen LogP contribution < -0.4 is 15.2 Å². The number of hydroxylamine groups is 1. The Hall–Kier alpha value is -3.48. The van der Waals surface area contributed by atoms with Gasteiger partial charge in [-0.3, -0.25) is 14.8 Å². The van der Waals surface area contributed by atoms with Gasteiger partial charge in [0.15, 0.2) is 0 Å². The number of benzene rings is 3. The molecule has 202 valence electrons. The van der Waals surface area contributed by atoms with Crippen LogP contribution in [0.15, 0.2) is 82.8 Å². The van der Waals surface area contributed by atoms with Gasteiger partial charge in [0.2, 0.25) is 10.0 Å². The third-order valence-electron chi connectivity index (χ3n) is 6.72. The molecule has 10 nitrogen and oxygen atoms in total. The van der Waals surface area contributed by atoms with Gasteiger partial charge in [0.25, 0.3) is 11.8 Å². The second-order valence-corrected chi connectivity index (χ2v) is 11.9. The van der Waals surface area contributed by atoms with E-state index in [1.807, 2.05) is 0 Å². The quantitative estimate of drug-likeness (QED) is 0.323. The third-order valence-corrected chi connectivity index (χ3v) is 9.04. The molecular formula is C26H22Cl2N4O6S. The van der Waals surface area contributed by atoms with Crippen LogP contribution in [0.3, 0.4) is 0 Å². The zero-order valence-electron chi connectivity index (χ0n) is 20.4. The zero-order valence-corrected chi connectivity index (χ0v) is 22.7. The number of carbonyl (C=O) groups excluding carboxylic acids is 2. The molecule has 2 N–H and O–H groups in total. The summed E-state index contributed by atoms with van der Waals surface area (Å²) in [4.78, 5) is 26.5. The summed E-state index contributed by atoms with van der Waals surface area (Å²) >= 11 is 12.0. The molecule has 0 saturated carbocycles. The Morgan fingerprint density at radius 3 is 2.31 bits per heavy atom. The van der Waals surface area contributed by atoms with Crippen molar-refractivity contribution in [1.82, 2.24) is 9.79 Å². The average Bonchev–Trinajstić information content (AvgIpc) is 3.18. The van der Waals surface area contributed by atoms with Crippen molar-refractivity contribution in [3.8, 4) is 11.5 Å². The normalized spacial score (nSPS) is 21.3. The minimum Gasteiger partial charge on any atom is -0.457 e. The number of amides is 2. The fourth-order valence-electron chi connectivity index (χ4n) is 4.83. The van der Waals surface area contributed by atoms with E-state index in [4.69, 9.17) is 27.9 Å². The fraction of sp³-hybridized carbons (Fsp3) is 0.192. The van der Waals surface area contributed by atoms with Crippen molar-refractivity contribution in [2.24, 2.45) is 10.5 Å². The number of sulfonamides is 1. The summed E-state index contributed by atoms with van der Waals surface area (Å²) in [7, 11) is -4.31. The summed E-state index contributed by atoms with van der Waals surface area (Å²) in [6.07, 6.45) is 0.108. The van der Waals surface area contributed by atoms with Crippen LogP contribution in [0.2, 0.25) is 10.0 Å². The number of hydrogen-bond donors (Lipinski definition) is 2. The summed E-state index contributed by atoms with van der Waals surface area (Å²) < 4.78 is 34.2. The number of hydrogen-bond acceptors (Lipinski definition) is 7. The molecule has 0 aromatic heterocycles. The maximum atomic E-state index is 13.8. The fourth-order valence-corrected chi connectivity index (χ4v) is 7.00. The first-order valence-electron chi connectivity index (χ1n) is 11.7. The second-order valence-electron chi connectivity index (χ2n) is 9.12. The van der Waals surface area contributed by atoms with Gasteiger partial charge in [0, 0.05) is 23.0 Å². The highest BCUT2D eigenvalue weighted by molar-refractivity contribution is 7.89. The van der Waals surface area contributed by atoms with Crippen LogP contribution in [0.5, 0.6) is 11.5 Å². The summed E-state index contributed by atoms with van der Waals surface area (Å²) in [5, 5.41) is 15.9. The van der Waals surface area contributed by atoms with Gasteiger partial charge in [-0.25, -0.2) is 13.9 Å². The van der Waals surface area contributed by atoms with Gasteiger partial charge in [-0.2, -0.15) is 14.4 Å². The maximum Gasteiger partial charge on any atom is 0.263 e. The number of halogens is 2. The number of para-hydroxylation sites is 1. The Labute approximate surface area is 234 Å². The molecule has 3 aromatic rings. The van der Waals surface area contributed by atoms with Gasteiger partial charge in [-0.15, -0.1) is 0 Å². The van der Waals surface area contributed by atoms with Crippen LogP contribution in [0.4, 0.5) is 5.69 Å². The molecule has 2 atom stereocenters. The van der Waals surface area contributed by atoms with Gasteiger partial charge >= 0.3 is 0 Å². The minimum absolute atomic E-state index is 0.108. The van der Waals surface area contributed by atoms with Crippen LogP contribution in [0, 0.1) is 5.41 Å². The van der Waals surface area contributed by atoms with E-state index < -0.39 is 33.3 Å². The minimum atomic E-state index is -4.31. The molecule has 0 unspecified atom stereocenters. The summed E-state index contributed by atoms with van der Waals surface area (Å²) in [6.45, 7) is 1.33. The Bertz CT molecular complexity index is 1560. The van der Waals surface area contributed by atoms with E-state index >= 15 is 0 Å². The van der Waals surface area contributed by atoms with Gasteiger partial charge in [-0.05, 0) is 61.5 Å². The molecule has 2 amide bonds. The van der Waals surface area contributed by atoms with Crippen molar-refractivity contribution < 1.29 is 28.0 Å². The first-order chi connectivity index (χ1) is 18.5. The second kappa shape index (κ2) is 10.2. The van der Waals surface area contributed by atoms with Crippen molar-refractivity contribution in [3.05, 3.63) is 82.8 Å². The van der Waals surface area contributed by atoms with Gasteiger partial charge in [-0.1, -0.05) is 41.4 Å². The number of hydrazone groups is 1. The highest BCUT2D eigenvalue weighted by atomic mass is 35.5. The van der Waals surface area contributed by atoms with Crippen molar-refractivity contribution in [1.29, 1.82) is 0 Å². The van der Waals surface area contributed by atoms with Crippen molar-refractivity contribution in [3.63, 3.8) is 0 Å². The van der Waals surface area contributed by atoms with E-state index in [0.29, 0.717) is 32.9 Å². The topological polar surface area (TPSA) is 129 Å². The first kappa shape index (κ1) is 27.1. The molecule has 1 fully saturated rings. The lowest BCUT2D eigenvalue weighted by Gasteiger charge is -2.42. The largest absolute Gasteiger partial charge is 0.457 e. The molecule has 0 aliphatic carbocycles. The van der Waals surface area contributed by atoms with Crippen LogP contribution in [-0.2, 0) is 19.6 Å². The third kappa shape index (κ3) is 4.77. The predicted molar refractivity (Wildman–Crippen MR) is 145 cm³/mol. The molecule has 0 radical (unpaired) electrons. The van der Waals surface area contributed by atoms with E-state index in [9.17, 15) is 23.2 Å². The first-order valence-corrected chi connectivity index (χ1v) is 13.9. The predicted octanol–water partition coefficient (Wildman–Crippen LogP) is 4.46. The maximum absolute atomic E-state index is 13.8. The average molecular weight is 589 g/mol. The number of ether oxygens (including phenoxy) is 1. The molecule has 39 heavy (non-hydrogen) atoms. The van der Waals surface area contributed by atoms with E-state index in [-0.39, 0.29) is 17.9 Å². The molecule has 0 bridgehead atoms. The van der Waals surface area contributed by atoms with Gasteiger partial charge < -0.3 is 4.74 Å². The van der Waals surface area contributed by atoms with Crippen LogP contribution >= 0.6 is 23.2 Å². The lowest BCUT2D eigenvalue weighted by molar-refractivity contribution is -0.141. The van der Waals surface area contributed by atoms with Crippen molar-refractivity contribution in [2.45, 2.75) is 24.3 Å². The van der Waals surface area contributed by atoms with Crippen LogP contribution in [0.1, 0.15) is 13.3 Å². The zero-order chi connectivity index (χ0) is 27.9. The highest BCUT2D eigenvalue weighted by Gasteiger charge is 2.61. The SMILES string of the molecule is C[C@]12C(=O)N(c3ccccc3)N=C1CCN(S(=O)(=O)c1ccc(Oc3cc(Cl)cc(Cl)c3)cc1)[C@H]2C(=O)NO. The van der Waals surface area contributed by atoms with E-state index in [2.05, 4.69) is 5.10 Å². The molecule has 13 heteroatoms. The molecule has 0 spiro atoms. The number of rotatable bonds is 6. The van der Waals surface area contributed by atoms with E-state index in [1.165, 1.54) is 36.7 Å². The summed E-state index contributed by atoms with van der Waals surface area (Å²) in [6, 6.07) is 17.2. The number of nitrogens with one attached hydrogen (secondary N) is 1. The molecule has 2 aliphatic heterocycles. The van der Waals surface area contributed by atoms with Crippen molar-refractivity contribution in [2.75, 3.05) is 11.6 Å². The summed E-state index contributed by atoms with van der Waals surface area (Å²) in [5.41, 5.74) is 0.704. The molecule has 1 saturated heterocycles. The Morgan fingerprint density at radius 1 is 1.05 bits per heavy atom. The van der Waals surface area contributed by atoms with Gasteiger partial charge in [0.05, 0.1) is 16.3 Å². The van der Waals surface area contributed by atoms with Crippen LogP contribution in [0.25, 0.3) is 0 Å². The monoisotopic (exact) mass is 588 g/mol. The smallest absolute Gasteiger partial charge is 0.263 e. The highest BCUT2D eigenvalue weighted by Crippen LogP contribution is 2.43. The Balaban J connectivity index is 1.46. The lowest BCUT2D eigenvalue weighted by atomic mass is 9.73. The lowest BCUT2D eigenvalue weighted by Crippen LogP contribution is -2.65. The molecular weight excluding hydrogens is 567 g/mol. The van der Waals surface area contributed by atoms with Crippen molar-refractivity contribution >= 4 is 56.4 Å². The number of anilines is 1. The number of nitrogens with zero attached hydrogens (tertiary/aromatic N) is 3. The molecule has 2 heterocycles. The van der Waals surface area contributed by atoms with E-state index in [1.54, 1.807) is 48.5 Å². The number of piperidine rings is 1. The molecule has 5 rings (SSSR count). The van der Waals surface area contributed by atoms with E-state index in [0.717, 1.165) is 9.31 Å². The molecule has 3 aromatic carbocycles. The van der Waals surface area contributed by atoms with Gasteiger partial charge in [0.1, 0.15) is 23.0 Å². The molecule has 2 aliphatic rings. The summed E-state index contributed by atoms with van der Waals surface area (Å²) in [5.74, 6) is -0.946. The Kier molecular flexibility index (Phi) is 7.12. The number of carbonyl (C=O) groups is 2. The number of fused-ring (bicyclic) bond motifs is 1.